The largest absolute Gasteiger partial charge is 0.330 e. The summed E-state index contributed by atoms with van der Waals surface area (Å²) in [5.41, 5.74) is 8.68. The Bertz CT molecular complexity index is 349. The van der Waals surface area contributed by atoms with E-state index in [1.807, 2.05) is 0 Å². The standard InChI is InChI=1S/C15H24N2/c1-17-11-9-14(12-17)15-8-3-2-6-13(15)7-4-5-10-16/h2-3,6,8,14H,4-5,7,9-12,16H2,1H3. The molecule has 0 saturated carbocycles. The lowest BCUT2D eigenvalue weighted by Gasteiger charge is -2.15. The highest BCUT2D eigenvalue weighted by molar-refractivity contribution is 5.31. The summed E-state index contributed by atoms with van der Waals surface area (Å²) in [6.45, 7) is 3.27. The predicted octanol–water partition coefficient (Wildman–Crippen LogP) is 2.39. The highest BCUT2D eigenvalue weighted by Gasteiger charge is 2.22. The Labute approximate surface area is 105 Å². The average molecular weight is 232 g/mol. The van der Waals surface area contributed by atoms with E-state index in [0.717, 1.165) is 18.9 Å². The number of nitrogens with two attached hydrogens (primary N) is 1. The Kier molecular flexibility index (Phi) is 4.57. The van der Waals surface area contributed by atoms with Crippen molar-refractivity contribution in [2.45, 2.75) is 31.6 Å². The van der Waals surface area contributed by atoms with Gasteiger partial charge in [0.1, 0.15) is 0 Å². The Morgan fingerprint density at radius 2 is 2.12 bits per heavy atom. The maximum absolute atomic E-state index is 5.56. The van der Waals surface area contributed by atoms with Crippen molar-refractivity contribution >= 4 is 0 Å². The molecule has 1 atom stereocenters. The second-order valence-corrected chi connectivity index (χ2v) is 5.19. The zero-order valence-corrected chi connectivity index (χ0v) is 10.9. The maximum atomic E-state index is 5.56. The summed E-state index contributed by atoms with van der Waals surface area (Å²) in [4.78, 5) is 2.43. The molecule has 1 heterocycles. The minimum absolute atomic E-state index is 0.745. The van der Waals surface area contributed by atoms with Gasteiger partial charge in [-0.25, -0.2) is 0 Å². The number of benzene rings is 1. The molecule has 0 spiro atoms. The second-order valence-electron chi connectivity index (χ2n) is 5.19. The third kappa shape index (κ3) is 3.30. The molecule has 2 N–H and O–H groups in total. The van der Waals surface area contributed by atoms with Crippen molar-refractivity contribution < 1.29 is 0 Å². The molecule has 94 valence electrons. The lowest BCUT2D eigenvalue weighted by molar-refractivity contribution is 0.411. The Morgan fingerprint density at radius 3 is 2.82 bits per heavy atom. The number of rotatable bonds is 5. The van der Waals surface area contributed by atoms with Crippen LogP contribution in [0, 0.1) is 0 Å². The summed E-state index contributed by atoms with van der Waals surface area (Å²) in [6.07, 6.45) is 4.85. The van der Waals surface area contributed by atoms with Crippen LogP contribution in [0.5, 0.6) is 0 Å². The van der Waals surface area contributed by atoms with E-state index in [1.165, 1.54) is 32.4 Å². The zero-order chi connectivity index (χ0) is 12.1. The predicted molar refractivity (Wildman–Crippen MR) is 73.3 cm³/mol. The maximum Gasteiger partial charge on any atom is 0.00478 e. The van der Waals surface area contributed by atoms with Gasteiger partial charge in [-0.15, -0.1) is 0 Å². The summed E-state index contributed by atoms with van der Waals surface area (Å²) in [6, 6.07) is 8.96. The molecule has 2 rings (SSSR count). The van der Waals surface area contributed by atoms with Gasteiger partial charge in [0.15, 0.2) is 0 Å². The molecule has 1 fully saturated rings. The molecule has 2 heteroatoms. The van der Waals surface area contributed by atoms with Gasteiger partial charge in [0, 0.05) is 6.54 Å². The van der Waals surface area contributed by atoms with E-state index < -0.39 is 0 Å². The van der Waals surface area contributed by atoms with E-state index in [1.54, 1.807) is 11.1 Å². The minimum Gasteiger partial charge on any atom is -0.330 e. The third-order valence-electron chi connectivity index (χ3n) is 3.79. The van der Waals surface area contributed by atoms with E-state index >= 15 is 0 Å². The van der Waals surface area contributed by atoms with E-state index in [2.05, 4.69) is 36.2 Å². The van der Waals surface area contributed by atoms with Crippen LogP contribution in [-0.2, 0) is 6.42 Å². The topological polar surface area (TPSA) is 29.3 Å². The van der Waals surface area contributed by atoms with Gasteiger partial charge >= 0.3 is 0 Å². The molecule has 1 saturated heterocycles. The highest BCUT2D eigenvalue weighted by atomic mass is 15.1. The Balaban J connectivity index is 2.05. The number of nitrogens with zero attached hydrogens (tertiary/aromatic N) is 1. The van der Waals surface area contributed by atoms with Crippen LogP contribution in [0.2, 0.25) is 0 Å². The van der Waals surface area contributed by atoms with Gasteiger partial charge in [-0.05, 0) is 62.9 Å². The second kappa shape index (κ2) is 6.18. The Morgan fingerprint density at radius 1 is 1.29 bits per heavy atom. The number of hydrogen-bond acceptors (Lipinski definition) is 2. The van der Waals surface area contributed by atoms with Gasteiger partial charge in [-0.2, -0.15) is 0 Å². The number of hydrogen-bond donors (Lipinski definition) is 1. The first kappa shape index (κ1) is 12.6. The van der Waals surface area contributed by atoms with Crippen molar-refractivity contribution in [2.24, 2.45) is 5.73 Å². The molecule has 0 amide bonds. The molecule has 2 nitrogen and oxygen atoms in total. The third-order valence-corrected chi connectivity index (χ3v) is 3.79. The van der Waals surface area contributed by atoms with E-state index in [4.69, 9.17) is 5.73 Å². The van der Waals surface area contributed by atoms with Crippen molar-refractivity contribution in [1.82, 2.24) is 4.90 Å². The summed E-state index contributed by atoms with van der Waals surface area (Å²) in [5.74, 6) is 0.745. The molecule has 1 aromatic rings. The van der Waals surface area contributed by atoms with Crippen LogP contribution in [0.25, 0.3) is 0 Å². The first-order chi connectivity index (χ1) is 8.31. The lowest BCUT2D eigenvalue weighted by Crippen LogP contribution is -2.14. The molecule has 1 aromatic carbocycles. The van der Waals surface area contributed by atoms with Gasteiger partial charge in [0.25, 0.3) is 0 Å². The van der Waals surface area contributed by atoms with E-state index in [0.29, 0.717) is 0 Å². The lowest BCUT2D eigenvalue weighted by atomic mass is 9.91. The molecule has 17 heavy (non-hydrogen) atoms. The van der Waals surface area contributed by atoms with Gasteiger partial charge in [-0.3, -0.25) is 0 Å². The van der Waals surface area contributed by atoms with Crippen molar-refractivity contribution in [3.63, 3.8) is 0 Å². The van der Waals surface area contributed by atoms with Gasteiger partial charge in [0.2, 0.25) is 0 Å². The summed E-state index contributed by atoms with van der Waals surface area (Å²) in [5, 5.41) is 0. The van der Waals surface area contributed by atoms with Crippen LogP contribution in [0.3, 0.4) is 0 Å². The van der Waals surface area contributed by atoms with Crippen LogP contribution in [0.15, 0.2) is 24.3 Å². The number of likely N-dealkylation sites (N-methyl/N-ethyl adjacent to an activating group) is 1. The van der Waals surface area contributed by atoms with Crippen molar-refractivity contribution in [1.29, 1.82) is 0 Å². The van der Waals surface area contributed by atoms with Gasteiger partial charge in [0.05, 0.1) is 0 Å². The molecule has 0 bridgehead atoms. The van der Waals surface area contributed by atoms with Crippen molar-refractivity contribution in [3.05, 3.63) is 35.4 Å². The quantitative estimate of drug-likeness (QED) is 0.790. The van der Waals surface area contributed by atoms with Crippen LogP contribution < -0.4 is 5.73 Å². The van der Waals surface area contributed by atoms with Crippen molar-refractivity contribution in [3.8, 4) is 0 Å². The first-order valence-corrected chi connectivity index (χ1v) is 6.77. The SMILES string of the molecule is CN1CCC(c2ccccc2CCCCN)C1. The molecule has 1 aliphatic heterocycles. The zero-order valence-electron chi connectivity index (χ0n) is 10.9. The summed E-state index contributed by atoms with van der Waals surface area (Å²) in [7, 11) is 2.22. The van der Waals surface area contributed by atoms with E-state index in [-0.39, 0.29) is 0 Å². The molecular formula is C15H24N2. The fraction of sp³-hybridized carbons (Fsp3) is 0.600. The van der Waals surface area contributed by atoms with E-state index in [9.17, 15) is 0 Å². The fourth-order valence-corrected chi connectivity index (χ4v) is 2.81. The normalized spacial score (nSPS) is 20.9. The monoisotopic (exact) mass is 232 g/mol. The van der Waals surface area contributed by atoms with Crippen LogP contribution in [-0.4, -0.2) is 31.6 Å². The number of unbranched alkanes of at least 4 members (excludes halogenated alkanes) is 1. The van der Waals surface area contributed by atoms with Crippen LogP contribution >= 0.6 is 0 Å². The van der Waals surface area contributed by atoms with Gasteiger partial charge < -0.3 is 10.6 Å². The number of likely N-dealkylation sites (tertiary alicyclic amines) is 1. The molecule has 1 unspecified atom stereocenters. The van der Waals surface area contributed by atoms with Crippen LogP contribution in [0.4, 0.5) is 0 Å². The molecule has 0 aromatic heterocycles. The molecule has 1 aliphatic rings. The Hall–Kier alpha value is -0.860. The molecule has 0 radical (unpaired) electrons. The average Bonchev–Trinajstić information content (AvgIpc) is 2.77. The van der Waals surface area contributed by atoms with Crippen molar-refractivity contribution in [2.75, 3.05) is 26.7 Å². The number of aryl methyl sites for hydroxylation is 1. The summed E-state index contributed by atoms with van der Waals surface area (Å²) >= 11 is 0. The summed E-state index contributed by atoms with van der Waals surface area (Å²) < 4.78 is 0. The van der Waals surface area contributed by atoms with Crippen LogP contribution in [0.1, 0.15) is 36.3 Å². The minimum atomic E-state index is 0.745. The first-order valence-electron chi connectivity index (χ1n) is 6.77. The van der Waals surface area contributed by atoms with Gasteiger partial charge in [-0.1, -0.05) is 24.3 Å². The molecule has 0 aliphatic carbocycles. The fourth-order valence-electron chi connectivity index (χ4n) is 2.81. The smallest absolute Gasteiger partial charge is 0.00478 e. The molecular weight excluding hydrogens is 208 g/mol. The highest BCUT2D eigenvalue weighted by Crippen LogP contribution is 2.29.